The molecule has 0 saturated heterocycles. The number of allylic oxidation sites excluding steroid dienone is 2. The molecule has 0 aromatic carbocycles. The molecule has 0 aromatic rings. The van der Waals surface area contributed by atoms with Crippen LogP contribution < -0.4 is 5.43 Å². The number of rotatable bonds is 3. The zero-order valence-electron chi connectivity index (χ0n) is 10.7. The third-order valence-electron chi connectivity index (χ3n) is 4.16. The van der Waals surface area contributed by atoms with E-state index >= 15 is 0 Å². The Morgan fingerprint density at radius 3 is 3.06 bits per heavy atom. The van der Waals surface area contributed by atoms with Crippen molar-refractivity contribution < 1.29 is 9.53 Å². The van der Waals surface area contributed by atoms with E-state index in [0.717, 1.165) is 12.3 Å². The van der Waals surface area contributed by atoms with Crippen molar-refractivity contribution in [2.75, 3.05) is 6.61 Å². The van der Waals surface area contributed by atoms with Gasteiger partial charge in [-0.2, -0.15) is 5.10 Å². The van der Waals surface area contributed by atoms with Crippen molar-refractivity contribution in [3.63, 3.8) is 0 Å². The number of nitrogens with zero attached hydrogens (tertiary/aromatic N) is 1. The summed E-state index contributed by atoms with van der Waals surface area (Å²) < 4.78 is 4.73. The summed E-state index contributed by atoms with van der Waals surface area (Å²) in [6.07, 6.45) is 5.89. The molecule has 4 nitrogen and oxygen atoms in total. The summed E-state index contributed by atoms with van der Waals surface area (Å²) in [5.41, 5.74) is 4.00. The van der Waals surface area contributed by atoms with Crippen LogP contribution in [0.5, 0.6) is 0 Å². The van der Waals surface area contributed by atoms with Gasteiger partial charge >= 0.3 is 6.09 Å². The maximum absolute atomic E-state index is 11.0. The first-order valence-electron chi connectivity index (χ1n) is 6.21. The minimum atomic E-state index is -0.495. The molecule has 3 rings (SSSR count). The highest BCUT2D eigenvalue weighted by atomic mass is 16.5. The molecule has 1 saturated carbocycles. The molecule has 2 atom stereocenters. The number of ether oxygens (including phenoxy) is 1. The van der Waals surface area contributed by atoms with Crippen molar-refractivity contribution in [2.24, 2.45) is 22.4 Å². The third-order valence-corrected chi connectivity index (χ3v) is 4.16. The highest BCUT2D eigenvalue weighted by molar-refractivity contribution is 5.81. The number of carbonyl (C=O) groups excluding carboxylic acids is 1. The second-order valence-electron chi connectivity index (χ2n) is 5.34. The Balaban J connectivity index is 1.90. The van der Waals surface area contributed by atoms with Gasteiger partial charge in [-0.05, 0) is 42.6 Å². The first-order valence-corrected chi connectivity index (χ1v) is 6.21. The molecule has 3 aliphatic rings. The predicted molar refractivity (Wildman–Crippen MR) is 66.7 cm³/mol. The maximum atomic E-state index is 11.0. The summed E-state index contributed by atoms with van der Waals surface area (Å²) in [4.78, 5) is 11.0. The van der Waals surface area contributed by atoms with Crippen LogP contribution in [0.4, 0.5) is 4.79 Å². The van der Waals surface area contributed by atoms with Crippen LogP contribution in [0.15, 0.2) is 16.8 Å². The van der Waals surface area contributed by atoms with Crippen LogP contribution in [-0.2, 0) is 4.74 Å². The van der Waals surface area contributed by atoms with Crippen molar-refractivity contribution in [3.05, 3.63) is 11.6 Å². The third kappa shape index (κ3) is 2.21. The number of amides is 1. The fourth-order valence-electron chi connectivity index (χ4n) is 2.87. The lowest BCUT2D eigenvalue weighted by atomic mass is 9.49. The Hall–Kier alpha value is -1.32. The van der Waals surface area contributed by atoms with Crippen LogP contribution >= 0.6 is 0 Å². The second-order valence-corrected chi connectivity index (χ2v) is 5.34. The largest absolute Gasteiger partial charge is 0.449 e. The van der Waals surface area contributed by atoms with Crippen molar-refractivity contribution >= 4 is 12.3 Å². The monoisotopic (exact) mass is 236 g/mol. The van der Waals surface area contributed by atoms with Gasteiger partial charge in [0.25, 0.3) is 0 Å². The average Bonchev–Trinajstić information content (AvgIpc) is 2.29. The van der Waals surface area contributed by atoms with Crippen LogP contribution in [0, 0.1) is 17.3 Å². The van der Waals surface area contributed by atoms with Crippen LogP contribution in [0.1, 0.15) is 33.6 Å². The molecule has 0 heterocycles. The Morgan fingerprint density at radius 2 is 2.47 bits per heavy atom. The molecule has 0 radical (unpaired) electrons. The smallest absolute Gasteiger partial charge is 0.427 e. The van der Waals surface area contributed by atoms with Gasteiger partial charge in [-0.3, -0.25) is 0 Å². The van der Waals surface area contributed by atoms with Crippen molar-refractivity contribution in [1.82, 2.24) is 5.43 Å². The average molecular weight is 236 g/mol. The summed E-state index contributed by atoms with van der Waals surface area (Å²) in [5.74, 6) is 1.41. The molecule has 94 valence electrons. The molecule has 17 heavy (non-hydrogen) atoms. The zero-order chi connectivity index (χ0) is 12.5. The molecule has 3 aliphatic carbocycles. The van der Waals surface area contributed by atoms with E-state index in [2.05, 4.69) is 30.5 Å². The molecule has 1 fully saturated rings. The van der Waals surface area contributed by atoms with Gasteiger partial charge < -0.3 is 4.74 Å². The normalized spacial score (nSPS) is 29.5. The summed E-state index contributed by atoms with van der Waals surface area (Å²) in [6.45, 7) is 6.75. The highest BCUT2D eigenvalue weighted by Crippen LogP contribution is 2.58. The van der Waals surface area contributed by atoms with Crippen molar-refractivity contribution in [3.8, 4) is 0 Å². The van der Waals surface area contributed by atoms with Gasteiger partial charge in [0.1, 0.15) is 0 Å². The van der Waals surface area contributed by atoms with Crippen LogP contribution in [0.25, 0.3) is 0 Å². The standard InChI is InChI=1S/C13H20N2O2/c1-4-17-12(16)15-14-8-9-5-6-10-7-11(9)13(10,2)3/h5,8,10-11H,4,6-7H2,1-3H3,(H,15,16)/b14-8+. The topological polar surface area (TPSA) is 50.7 Å². The van der Waals surface area contributed by atoms with Gasteiger partial charge in [-0.25, -0.2) is 10.2 Å². The highest BCUT2D eigenvalue weighted by Gasteiger charge is 2.50. The van der Waals surface area contributed by atoms with E-state index in [1.807, 2.05) is 0 Å². The molecule has 1 amide bonds. The molecule has 0 spiro atoms. The lowest BCUT2D eigenvalue weighted by molar-refractivity contribution is -0.00126. The van der Waals surface area contributed by atoms with Crippen molar-refractivity contribution in [1.29, 1.82) is 0 Å². The fraction of sp³-hybridized carbons (Fsp3) is 0.692. The number of hydrogen-bond acceptors (Lipinski definition) is 3. The number of fused-ring (bicyclic) bond motifs is 1. The van der Waals surface area contributed by atoms with Gasteiger partial charge in [0.05, 0.1) is 12.8 Å². The molecular weight excluding hydrogens is 216 g/mol. The van der Waals surface area contributed by atoms with E-state index in [0.29, 0.717) is 17.9 Å². The summed E-state index contributed by atoms with van der Waals surface area (Å²) in [5, 5.41) is 3.94. The second kappa shape index (κ2) is 4.51. The molecule has 2 unspecified atom stereocenters. The van der Waals surface area contributed by atoms with E-state index in [1.54, 1.807) is 13.1 Å². The van der Waals surface area contributed by atoms with E-state index in [9.17, 15) is 4.79 Å². The minimum Gasteiger partial charge on any atom is -0.449 e. The lowest BCUT2D eigenvalue weighted by Crippen LogP contribution is -2.48. The molecular formula is C13H20N2O2. The van der Waals surface area contributed by atoms with Gasteiger partial charge in [0.15, 0.2) is 0 Å². The number of carbonyl (C=O) groups is 1. The summed E-state index contributed by atoms with van der Waals surface area (Å²) in [6, 6.07) is 0. The SMILES string of the molecule is CCOC(=O)N/N=C/C1=CCC2CC1C2(C)C. The quantitative estimate of drug-likeness (QED) is 0.605. The van der Waals surface area contributed by atoms with E-state index < -0.39 is 6.09 Å². The Bertz CT molecular complexity index is 372. The summed E-state index contributed by atoms with van der Waals surface area (Å²) >= 11 is 0. The lowest BCUT2D eigenvalue weighted by Gasteiger charge is -2.55. The van der Waals surface area contributed by atoms with Gasteiger partial charge in [-0.1, -0.05) is 19.9 Å². The molecule has 0 aliphatic heterocycles. The zero-order valence-corrected chi connectivity index (χ0v) is 10.7. The minimum absolute atomic E-state index is 0.362. The van der Waals surface area contributed by atoms with Gasteiger partial charge in [-0.15, -0.1) is 0 Å². The van der Waals surface area contributed by atoms with Crippen LogP contribution in [0.2, 0.25) is 0 Å². The number of nitrogens with one attached hydrogen (secondary N) is 1. The Labute approximate surface area is 102 Å². The molecule has 1 N–H and O–H groups in total. The first-order chi connectivity index (χ1) is 8.05. The molecule has 0 aromatic heterocycles. The molecule has 4 heteroatoms. The van der Waals surface area contributed by atoms with Gasteiger partial charge in [0, 0.05) is 0 Å². The van der Waals surface area contributed by atoms with E-state index in [-0.39, 0.29) is 0 Å². The summed E-state index contributed by atoms with van der Waals surface area (Å²) in [7, 11) is 0. The van der Waals surface area contributed by atoms with Crippen LogP contribution in [0.3, 0.4) is 0 Å². The van der Waals surface area contributed by atoms with Gasteiger partial charge in [0.2, 0.25) is 0 Å². The Kier molecular flexibility index (Phi) is 3.22. The van der Waals surface area contributed by atoms with Crippen LogP contribution in [-0.4, -0.2) is 18.9 Å². The van der Waals surface area contributed by atoms with E-state index in [1.165, 1.54) is 12.0 Å². The number of hydrazone groups is 1. The fourth-order valence-corrected chi connectivity index (χ4v) is 2.87. The molecule has 2 bridgehead atoms. The first kappa shape index (κ1) is 12.1. The van der Waals surface area contributed by atoms with E-state index in [4.69, 9.17) is 4.74 Å². The Morgan fingerprint density at radius 1 is 1.71 bits per heavy atom. The van der Waals surface area contributed by atoms with Crippen molar-refractivity contribution in [2.45, 2.75) is 33.6 Å². The maximum Gasteiger partial charge on any atom is 0.427 e. The predicted octanol–water partition coefficient (Wildman–Crippen LogP) is 2.71. The number of hydrogen-bond donors (Lipinski definition) is 1.